The van der Waals surface area contributed by atoms with Gasteiger partial charge < -0.3 is 21.7 Å². The van der Waals surface area contributed by atoms with Crippen LogP contribution in [0, 0.1) is 0 Å². The van der Waals surface area contributed by atoms with Crippen molar-refractivity contribution in [2.24, 2.45) is 11.5 Å². The number of likely N-dealkylation sites (tertiary alicyclic amines) is 1. The summed E-state index contributed by atoms with van der Waals surface area (Å²) in [5, 5.41) is 4.12. The molecule has 3 amide bonds. The molecule has 33 heavy (non-hydrogen) atoms. The molecule has 3 aromatic rings. The molecule has 0 aliphatic carbocycles. The van der Waals surface area contributed by atoms with Crippen LogP contribution in [0.5, 0.6) is 0 Å². The van der Waals surface area contributed by atoms with E-state index >= 15 is 0 Å². The monoisotopic (exact) mass is 467 g/mol. The zero-order valence-corrected chi connectivity index (χ0v) is 19.0. The molecular weight excluding hydrogens is 442 g/mol. The van der Waals surface area contributed by atoms with Crippen molar-refractivity contribution >= 4 is 46.0 Å². The molecule has 1 saturated heterocycles. The summed E-state index contributed by atoms with van der Waals surface area (Å²) in [6.45, 7) is 2.23. The van der Waals surface area contributed by atoms with E-state index in [-0.39, 0.29) is 30.7 Å². The number of urea groups is 1. The SMILES string of the molecule is C[C@H](CC(=O)[C@@H]1C[C@H](N)CN1C(=O)Nc1cn(C(N)=O)c2ccccc12)c1cccc(Cl)c1. The summed E-state index contributed by atoms with van der Waals surface area (Å²) in [5.74, 6) is -0.100. The summed E-state index contributed by atoms with van der Waals surface area (Å²) in [4.78, 5) is 39.6. The van der Waals surface area contributed by atoms with Gasteiger partial charge >= 0.3 is 12.1 Å². The number of nitrogens with two attached hydrogens (primary N) is 2. The van der Waals surface area contributed by atoms with Crippen LogP contribution in [0.4, 0.5) is 15.3 Å². The first kappa shape index (κ1) is 22.8. The van der Waals surface area contributed by atoms with Crippen LogP contribution >= 0.6 is 11.6 Å². The van der Waals surface area contributed by atoms with Crippen molar-refractivity contribution in [2.75, 3.05) is 11.9 Å². The molecular formula is C24H26ClN5O3. The molecule has 5 N–H and O–H groups in total. The third-order valence-electron chi connectivity index (χ3n) is 6.08. The van der Waals surface area contributed by atoms with Crippen molar-refractivity contribution in [3.05, 3.63) is 65.3 Å². The fourth-order valence-corrected chi connectivity index (χ4v) is 4.61. The van der Waals surface area contributed by atoms with E-state index in [1.54, 1.807) is 30.3 Å². The molecule has 0 bridgehead atoms. The Morgan fingerprint density at radius 1 is 1.18 bits per heavy atom. The van der Waals surface area contributed by atoms with Crippen LogP contribution in [0.1, 0.15) is 31.2 Å². The van der Waals surface area contributed by atoms with Gasteiger partial charge in [0.25, 0.3) is 0 Å². The van der Waals surface area contributed by atoms with Gasteiger partial charge in [0.1, 0.15) is 0 Å². The van der Waals surface area contributed by atoms with Gasteiger partial charge in [0.15, 0.2) is 5.78 Å². The number of primary amides is 1. The molecule has 0 radical (unpaired) electrons. The van der Waals surface area contributed by atoms with Crippen molar-refractivity contribution in [3.63, 3.8) is 0 Å². The van der Waals surface area contributed by atoms with Crippen molar-refractivity contribution in [1.82, 2.24) is 9.47 Å². The number of hydrogen-bond donors (Lipinski definition) is 3. The lowest BCUT2D eigenvalue weighted by atomic mass is 9.92. The number of para-hydroxylation sites is 1. The Hall–Kier alpha value is -3.36. The molecule has 2 aromatic carbocycles. The predicted octanol–water partition coefficient (Wildman–Crippen LogP) is 3.92. The van der Waals surface area contributed by atoms with Gasteiger partial charge in [-0.1, -0.05) is 48.9 Å². The summed E-state index contributed by atoms with van der Waals surface area (Å²) in [6, 6.07) is 12.5. The summed E-state index contributed by atoms with van der Waals surface area (Å²) >= 11 is 6.08. The first-order valence-corrected chi connectivity index (χ1v) is 11.1. The summed E-state index contributed by atoms with van der Waals surface area (Å²) in [5.41, 5.74) is 13.6. The Bertz CT molecular complexity index is 1220. The molecule has 172 valence electrons. The van der Waals surface area contributed by atoms with Gasteiger partial charge in [-0.05, 0) is 36.1 Å². The molecule has 1 aliphatic heterocycles. The van der Waals surface area contributed by atoms with E-state index in [1.807, 2.05) is 25.1 Å². The number of nitrogens with zero attached hydrogens (tertiary/aromatic N) is 2. The van der Waals surface area contributed by atoms with E-state index in [4.69, 9.17) is 23.1 Å². The lowest BCUT2D eigenvalue weighted by molar-refractivity contribution is -0.122. The first-order valence-electron chi connectivity index (χ1n) is 10.8. The fraction of sp³-hybridized carbons (Fsp3) is 0.292. The number of carbonyl (C=O) groups is 3. The maximum Gasteiger partial charge on any atom is 0.323 e. The molecule has 0 unspecified atom stereocenters. The molecule has 0 saturated carbocycles. The molecule has 3 atom stereocenters. The standard InChI is InChI=1S/C24H26ClN5O3/c1-14(15-5-4-6-16(25)10-15)9-22(31)21-11-17(26)12-30(21)24(33)28-19-13-29(23(27)32)20-8-3-2-7-18(19)20/h2-8,10,13-14,17,21H,9,11-12,26H2,1H3,(H2,27,32)(H,28,33)/t14-,17+,21+/m1/s1. The second-order valence-electron chi connectivity index (χ2n) is 8.49. The number of halogens is 1. The Morgan fingerprint density at radius 3 is 2.67 bits per heavy atom. The molecule has 1 aromatic heterocycles. The van der Waals surface area contributed by atoms with Crippen LogP contribution < -0.4 is 16.8 Å². The van der Waals surface area contributed by atoms with E-state index in [0.717, 1.165) is 5.56 Å². The van der Waals surface area contributed by atoms with Crippen LogP contribution in [0.3, 0.4) is 0 Å². The number of benzene rings is 2. The molecule has 2 heterocycles. The van der Waals surface area contributed by atoms with Gasteiger partial charge in [-0.25, -0.2) is 9.59 Å². The van der Waals surface area contributed by atoms with E-state index < -0.39 is 18.1 Å². The third kappa shape index (κ3) is 4.72. The zero-order chi connectivity index (χ0) is 23.7. The van der Waals surface area contributed by atoms with E-state index in [0.29, 0.717) is 28.0 Å². The highest BCUT2D eigenvalue weighted by Crippen LogP contribution is 2.29. The highest BCUT2D eigenvalue weighted by molar-refractivity contribution is 6.30. The number of carbonyl (C=O) groups excluding carboxylic acids is 3. The van der Waals surface area contributed by atoms with Crippen LogP contribution in [0.2, 0.25) is 5.02 Å². The number of rotatable bonds is 5. The third-order valence-corrected chi connectivity index (χ3v) is 6.32. The number of hydrogen-bond acceptors (Lipinski definition) is 4. The lowest BCUT2D eigenvalue weighted by Crippen LogP contribution is -2.43. The Morgan fingerprint density at radius 2 is 1.94 bits per heavy atom. The van der Waals surface area contributed by atoms with Crippen molar-refractivity contribution < 1.29 is 14.4 Å². The molecule has 1 fully saturated rings. The Labute approximate surface area is 196 Å². The molecule has 4 rings (SSSR count). The van der Waals surface area contributed by atoms with Gasteiger partial charge in [0.2, 0.25) is 0 Å². The number of anilines is 1. The molecule has 8 nitrogen and oxygen atoms in total. The zero-order valence-electron chi connectivity index (χ0n) is 18.2. The fourth-order valence-electron chi connectivity index (χ4n) is 4.42. The highest BCUT2D eigenvalue weighted by Gasteiger charge is 2.38. The molecule has 0 spiro atoms. The normalized spacial score (nSPS) is 18.9. The summed E-state index contributed by atoms with van der Waals surface area (Å²) in [6.07, 6.45) is 2.15. The second kappa shape index (κ2) is 9.25. The van der Waals surface area contributed by atoms with Crippen molar-refractivity contribution in [3.8, 4) is 0 Å². The average Bonchev–Trinajstić information content (AvgIpc) is 3.35. The minimum absolute atomic E-state index is 0.0496. The highest BCUT2D eigenvalue weighted by atomic mass is 35.5. The van der Waals surface area contributed by atoms with Gasteiger partial charge in [-0.2, -0.15) is 0 Å². The van der Waals surface area contributed by atoms with Gasteiger partial charge in [-0.3, -0.25) is 9.36 Å². The van der Waals surface area contributed by atoms with Crippen LogP contribution in [-0.4, -0.2) is 45.9 Å². The number of aromatic nitrogens is 1. The number of fused-ring (bicyclic) bond motifs is 1. The summed E-state index contributed by atoms with van der Waals surface area (Å²) in [7, 11) is 0. The van der Waals surface area contributed by atoms with E-state index in [2.05, 4.69) is 5.32 Å². The van der Waals surface area contributed by atoms with Gasteiger partial charge in [0, 0.05) is 35.6 Å². The number of Topliss-reactive ketones (excluding diaryl/α,β-unsaturated/α-hetero) is 1. The van der Waals surface area contributed by atoms with Gasteiger partial charge in [-0.15, -0.1) is 0 Å². The van der Waals surface area contributed by atoms with Crippen LogP contribution in [0.15, 0.2) is 54.7 Å². The minimum Gasteiger partial charge on any atom is -0.351 e. The Kier molecular flexibility index (Phi) is 6.40. The first-order chi connectivity index (χ1) is 15.7. The van der Waals surface area contributed by atoms with Crippen molar-refractivity contribution in [1.29, 1.82) is 0 Å². The van der Waals surface area contributed by atoms with E-state index in [9.17, 15) is 14.4 Å². The maximum absolute atomic E-state index is 13.2. The molecule has 9 heteroatoms. The van der Waals surface area contributed by atoms with E-state index in [1.165, 1.54) is 15.7 Å². The molecule has 1 aliphatic rings. The predicted molar refractivity (Wildman–Crippen MR) is 129 cm³/mol. The number of ketones is 1. The largest absolute Gasteiger partial charge is 0.351 e. The Balaban J connectivity index is 1.52. The topological polar surface area (TPSA) is 123 Å². The summed E-state index contributed by atoms with van der Waals surface area (Å²) < 4.78 is 1.27. The second-order valence-corrected chi connectivity index (χ2v) is 8.93. The van der Waals surface area contributed by atoms with Crippen LogP contribution in [0.25, 0.3) is 10.9 Å². The quantitative estimate of drug-likeness (QED) is 0.526. The number of nitrogens with one attached hydrogen (secondary N) is 1. The number of amides is 3. The van der Waals surface area contributed by atoms with Gasteiger partial charge in [0.05, 0.1) is 17.2 Å². The smallest absolute Gasteiger partial charge is 0.323 e. The van der Waals surface area contributed by atoms with Crippen LogP contribution in [-0.2, 0) is 4.79 Å². The lowest BCUT2D eigenvalue weighted by Gasteiger charge is -2.25. The van der Waals surface area contributed by atoms with Crippen molar-refractivity contribution in [2.45, 2.75) is 37.8 Å². The maximum atomic E-state index is 13.2. The minimum atomic E-state index is -0.655. The average molecular weight is 468 g/mol.